The Labute approximate surface area is 306 Å². The summed E-state index contributed by atoms with van der Waals surface area (Å²) in [6, 6.07) is 68.4. The van der Waals surface area contributed by atoms with Crippen LogP contribution < -0.4 is 0 Å². The van der Waals surface area contributed by atoms with E-state index in [1.54, 1.807) is 0 Å². The second kappa shape index (κ2) is 11.8. The summed E-state index contributed by atoms with van der Waals surface area (Å²) in [7, 11) is 0. The van der Waals surface area contributed by atoms with Gasteiger partial charge in [0, 0.05) is 39.0 Å². The lowest BCUT2D eigenvalue weighted by molar-refractivity contribution is 1.18. The van der Waals surface area contributed by atoms with Crippen LogP contribution in [-0.2, 0) is 0 Å². The molecule has 0 amide bonds. The van der Waals surface area contributed by atoms with Gasteiger partial charge in [0.25, 0.3) is 0 Å². The molecule has 0 N–H and O–H groups in total. The number of rotatable bonds is 4. The molecule has 2 nitrogen and oxygen atoms in total. The molecule has 2 aromatic heterocycles. The SMILES string of the molecule is c1ccc(-n2c3ccccc3c3c(-c4cccc(-c5ccc6cc(-c7ccc8ccccc8c7)ccc6c5)c4)c4cnc5ccccc5c4cc32)cc1. The fourth-order valence-electron chi connectivity index (χ4n) is 8.43. The molecule has 246 valence electrons. The molecule has 0 aliphatic heterocycles. The molecule has 0 bridgehead atoms. The summed E-state index contributed by atoms with van der Waals surface area (Å²) in [5.74, 6) is 0. The highest BCUT2D eigenvalue weighted by molar-refractivity contribution is 6.26. The quantitative estimate of drug-likeness (QED) is 0.170. The second-order valence-corrected chi connectivity index (χ2v) is 14.0. The summed E-state index contributed by atoms with van der Waals surface area (Å²) in [5.41, 5.74) is 11.8. The first-order valence-electron chi connectivity index (χ1n) is 18.2. The first kappa shape index (κ1) is 29.7. The van der Waals surface area contributed by atoms with Gasteiger partial charge in [0.05, 0.1) is 16.6 Å². The topological polar surface area (TPSA) is 17.8 Å². The number of benzene rings is 9. The number of aromatic nitrogens is 2. The van der Waals surface area contributed by atoms with Crippen molar-refractivity contribution < 1.29 is 0 Å². The van der Waals surface area contributed by atoms with Crippen LogP contribution in [0.1, 0.15) is 0 Å². The average molecular weight is 673 g/mol. The van der Waals surface area contributed by atoms with Crippen molar-refractivity contribution >= 4 is 65.0 Å². The van der Waals surface area contributed by atoms with E-state index < -0.39 is 0 Å². The van der Waals surface area contributed by atoms with Crippen molar-refractivity contribution in [2.45, 2.75) is 0 Å². The van der Waals surface area contributed by atoms with Crippen LogP contribution in [0.25, 0.3) is 104 Å². The van der Waals surface area contributed by atoms with Crippen LogP contribution in [0.15, 0.2) is 194 Å². The summed E-state index contributed by atoms with van der Waals surface area (Å²) in [5, 5.41) is 11.0. The lowest BCUT2D eigenvalue weighted by Crippen LogP contribution is -1.94. The predicted molar refractivity (Wildman–Crippen MR) is 225 cm³/mol. The molecule has 0 unspecified atom stereocenters. The zero-order valence-corrected chi connectivity index (χ0v) is 28.9. The molecule has 0 atom stereocenters. The first-order chi connectivity index (χ1) is 26.3. The maximum atomic E-state index is 5.00. The van der Waals surface area contributed by atoms with Gasteiger partial charge >= 0.3 is 0 Å². The minimum atomic E-state index is 1.00. The summed E-state index contributed by atoms with van der Waals surface area (Å²) < 4.78 is 2.42. The lowest BCUT2D eigenvalue weighted by atomic mass is 9.90. The smallest absolute Gasteiger partial charge is 0.0708 e. The van der Waals surface area contributed by atoms with Gasteiger partial charge in [-0.3, -0.25) is 4.98 Å². The minimum Gasteiger partial charge on any atom is -0.309 e. The van der Waals surface area contributed by atoms with Crippen LogP contribution in [0.5, 0.6) is 0 Å². The molecule has 53 heavy (non-hydrogen) atoms. The van der Waals surface area contributed by atoms with Crippen molar-refractivity contribution in [2.75, 3.05) is 0 Å². The van der Waals surface area contributed by atoms with Crippen molar-refractivity contribution in [3.63, 3.8) is 0 Å². The maximum absolute atomic E-state index is 5.00. The number of hydrogen-bond donors (Lipinski definition) is 0. The highest BCUT2D eigenvalue weighted by atomic mass is 15.0. The van der Waals surface area contributed by atoms with Crippen LogP contribution >= 0.6 is 0 Å². The molecule has 0 aliphatic carbocycles. The van der Waals surface area contributed by atoms with Gasteiger partial charge in [-0.25, -0.2) is 0 Å². The third-order valence-corrected chi connectivity index (χ3v) is 11.0. The van der Waals surface area contributed by atoms with Gasteiger partial charge in [-0.2, -0.15) is 0 Å². The third kappa shape index (κ3) is 4.77. The monoisotopic (exact) mass is 672 g/mol. The molecule has 0 fully saturated rings. The Morgan fingerprint density at radius 1 is 0.340 bits per heavy atom. The molecule has 11 rings (SSSR count). The largest absolute Gasteiger partial charge is 0.309 e. The van der Waals surface area contributed by atoms with E-state index >= 15 is 0 Å². The zero-order valence-electron chi connectivity index (χ0n) is 28.9. The summed E-state index contributed by atoms with van der Waals surface area (Å²) in [4.78, 5) is 5.00. The minimum absolute atomic E-state index is 1.00. The van der Waals surface area contributed by atoms with Crippen LogP contribution in [-0.4, -0.2) is 9.55 Å². The zero-order chi connectivity index (χ0) is 34.9. The van der Waals surface area contributed by atoms with E-state index in [-0.39, 0.29) is 0 Å². The van der Waals surface area contributed by atoms with E-state index in [1.165, 1.54) is 82.1 Å². The van der Waals surface area contributed by atoms with Crippen molar-refractivity contribution in [2.24, 2.45) is 0 Å². The second-order valence-electron chi connectivity index (χ2n) is 14.0. The summed E-state index contributed by atoms with van der Waals surface area (Å²) in [6.45, 7) is 0. The Morgan fingerprint density at radius 2 is 0.925 bits per heavy atom. The molecule has 0 spiro atoms. The standard InChI is InChI=1S/C51H32N2/c1-2-15-42(16-3-1)53-48-20-9-7-18-44(48)51-49(53)31-45-43-17-6-8-19-47(43)52-32-46(45)50(51)41-14-10-13-35(30-41)36-23-24-40-29-39(26-25-38(40)28-36)37-22-21-33-11-4-5-12-34(33)27-37/h1-32H. The van der Waals surface area contributed by atoms with Crippen LogP contribution in [0.3, 0.4) is 0 Å². The van der Waals surface area contributed by atoms with Crippen molar-refractivity contribution in [3.05, 3.63) is 194 Å². The Morgan fingerprint density at radius 3 is 1.70 bits per heavy atom. The van der Waals surface area contributed by atoms with Crippen LogP contribution in [0.2, 0.25) is 0 Å². The fourth-order valence-corrected chi connectivity index (χ4v) is 8.43. The van der Waals surface area contributed by atoms with Crippen molar-refractivity contribution in [1.29, 1.82) is 0 Å². The summed E-state index contributed by atoms with van der Waals surface area (Å²) in [6.07, 6.45) is 2.08. The Hall–Kier alpha value is -7.03. The third-order valence-electron chi connectivity index (χ3n) is 11.0. The van der Waals surface area contributed by atoms with Gasteiger partial charge in [-0.05, 0) is 109 Å². The molecule has 2 heterocycles. The van der Waals surface area contributed by atoms with E-state index in [0.717, 1.165) is 22.0 Å². The molecule has 11 aromatic rings. The summed E-state index contributed by atoms with van der Waals surface area (Å²) >= 11 is 0. The number of nitrogens with zero attached hydrogens (tertiary/aromatic N) is 2. The first-order valence-corrected chi connectivity index (χ1v) is 18.2. The molecule has 0 saturated heterocycles. The number of pyridine rings is 1. The van der Waals surface area contributed by atoms with Gasteiger partial charge < -0.3 is 4.57 Å². The van der Waals surface area contributed by atoms with E-state index in [1.807, 2.05) is 0 Å². The normalized spacial score (nSPS) is 11.8. The number of fused-ring (bicyclic) bond motifs is 8. The van der Waals surface area contributed by atoms with Crippen LogP contribution in [0, 0.1) is 0 Å². The van der Waals surface area contributed by atoms with Crippen molar-refractivity contribution in [3.8, 4) is 39.1 Å². The Kier molecular flexibility index (Phi) is 6.59. The molecule has 9 aromatic carbocycles. The highest BCUT2D eigenvalue weighted by Gasteiger charge is 2.21. The van der Waals surface area contributed by atoms with E-state index in [4.69, 9.17) is 4.98 Å². The molecule has 2 heteroatoms. The highest BCUT2D eigenvalue weighted by Crippen LogP contribution is 2.45. The molecular formula is C51H32N2. The van der Waals surface area contributed by atoms with E-state index in [2.05, 4.69) is 199 Å². The van der Waals surface area contributed by atoms with Crippen LogP contribution in [0.4, 0.5) is 0 Å². The van der Waals surface area contributed by atoms with Gasteiger partial charge in [-0.15, -0.1) is 0 Å². The Balaban J connectivity index is 1.11. The van der Waals surface area contributed by atoms with Crippen molar-refractivity contribution in [1.82, 2.24) is 9.55 Å². The fraction of sp³-hybridized carbons (Fsp3) is 0. The average Bonchev–Trinajstić information content (AvgIpc) is 3.56. The van der Waals surface area contributed by atoms with E-state index in [0.29, 0.717) is 0 Å². The number of para-hydroxylation sites is 3. The predicted octanol–water partition coefficient (Wildman–Crippen LogP) is 13.8. The Bertz CT molecular complexity index is 3220. The van der Waals surface area contributed by atoms with E-state index in [9.17, 15) is 0 Å². The molecular weight excluding hydrogens is 641 g/mol. The molecule has 0 radical (unpaired) electrons. The molecule has 0 aliphatic rings. The lowest BCUT2D eigenvalue weighted by Gasteiger charge is -2.15. The van der Waals surface area contributed by atoms with Gasteiger partial charge in [0.1, 0.15) is 0 Å². The van der Waals surface area contributed by atoms with Gasteiger partial charge in [0.15, 0.2) is 0 Å². The molecule has 0 saturated carbocycles. The van der Waals surface area contributed by atoms with Gasteiger partial charge in [0.2, 0.25) is 0 Å². The van der Waals surface area contributed by atoms with Gasteiger partial charge in [-0.1, -0.05) is 133 Å². The maximum Gasteiger partial charge on any atom is 0.0708 e. The number of hydrogen-bond acceptors (Lipinski definition) is 1.